The van der Waals surface area contributed by atoms with Crippen molar-refractivity contribution >= 4 is 43.9 Å². The van der Waals surface area contributed by atoms with E-state index < -0.39 is 21.9 Å². The predicted molar refractivity (Wildman–Crippen MR) is 129 cm³/mol. The third kappa shape index (κ3) is 4.81. The summed E-state index contributed by atoms with van der Waals surface area (Å²) in [7, 11) is -4.08. The third-order valence-corrected chi connectivity index (χ3v) is 8.17. The number of nitrogens with one attached hydrogen (secondary N) is 2. The molecular formula is C24H21N3O5S2. The number of anilines is 2. The number of benzene rings is 2. The van der Waals surface area contributed by atoms with Crippen LogP contribution in [-0.4, -0.2) is 25.4 Å². The lowest BCUT2D eigenvalue weighted by atomic mass is 9.88. The molecule has 10 heteroatoms. The molecule has 1 atom stereocenters. The molecule has 1 aromatic heterocycles. The minimum absolute atomic E-state index is 0.0605. The number of aromatic carboxylic acids is 1. The third-order valence-electron chi connectivity index (χ3n) is 5.62. The predicted octanol–water partition coefficient (Wildman–Crippen LogP) is 4.50. The van der Waals surface area contributed by atoms with Crippen LogP contribution in [0.5, 0.6) is 0 Å². The fourth-order valence-electron chi connectivity index (χ4n) is 3.87. The van der Waals surface area contributed by atoms with Gasteiger partial charge in [0, 0.05) is 16.1 Å². The van der Waals surface area contributed by atoms with E-state index in [1.165, 1.54) is 59.9 Å². The minimum Gasteiger partial charge on any atom is -0.478 e. The number of nitrogens with zero attached hydrogens (tertiary/aromatic N) is 1. The van der Waals surface area contributed by atoms with Crippen molar-refractivity contribution in [1.29, 1.82) is 5.26 Å². The number of fused-ring (bicyclic) bond motifs is 1. The fourth-order valence-corrected chi connectivity index (χ4v) is 6.32. The second kappa shape index (κ2) is 9.29. The van der Waals surface area contributed by atoms with Crippen molar-refractivity contribution in [1.82, 2.24) is 0 Å². The summed E-state index contributed by atoms with van der Waals surface area (Å²) in [5.74, 6) is -1.18. The average molecular weight is 496 g/mol. The zero-order valence-corrected chi connectivity index (χ0v) is 19.8. The fraction of sp³-hybridized carbons (Fsp3) is 0.208. The number of carbonyl (C=O) groups is 2. The number of nitriles is 1. The van der Waals surface area contributed by atoms with Gasteiger partial charge in [-0.05, 0) is 67.1 Å². The van der Waals surface area contributed by atoms with Crippen LogP contribution in [0.4, 0.5) is 10.7 Å². The topological polar surface area (TPSA) is 136 Å². The summed E-state index contributed by atoms with van der Waals surface area (Å²) in [5, 5.41) is 22.0. The van der Waals surface area contributed by atoms with Crippen LogP contribution in [0.2, 0.25) is 0 Å². The summed E-state index contributed by atoms with van der Waals surface area (Å²) in [4.78, 5) is 25.0. The molecule has 174 valence electrons. The smallest absolute Gasteiger partial charge is 0.335 e. The van der Waals surface area contributed by atoms with Gasteiger partial charge in [0.2, 0.25) is 0 Å². The van der Waals surface area contributed by atoms with E-state index in [2.05, 4.69) is 23.0 Å². The van der Waals surface area contributed by atoms with Crippen molar-refractivity contribution in [3.63, 3.8) is 0 Å². The molecule has 3 N–H and O–H groups in total. The standard InChI is InChI=1S/C24H21N3O5S2/c1-14-8-9-19-20(13-25)23(33-21(19)10-14)26-22(28)15-4-3-7-18(12-15)34(31,32)27-17-6-2-5-16(11-17)24(29)30/h2-7,11-12,14,27H,8-10H2,1H3,(H,26,28)(H,29,30)/t14-/m1/s1. The van der Waals surface area contributed by atoms with Crippen LogP contribution in [0.3, 0.4) is 0 Å². The molecule has 4 rings (SSSR count). The molecule has 1 amide bonds. The molecule has 1 aliphatic rings. The van der Waals surface area contributed by atoms with Gasteiger partial charge in [0.05, 0.1) is 16.0 Å². The first-order valence-corrected chi connectivity index (χ1v) is 12.8. The highest BCUT2D eigenvalue weighted by atomic mass is 32.2. The molecule has 34 heavy (non-hydrogen) atoms. The van der Waals surface area contributed by atoms with Gasteiger partial charge in [-0.15, -0.1) is 11.3 Å². The molecule has 0 radical (unpaired) electrons. The van der Waals surface area contributed by atoms with Gasteiger partial charge >= 0.3 is 5.97 Å². The molecule has 0 saturated carbocycles. The summed E-state index contributed by atoms with van der Waals surface area (Å²) >= 11 is 1.40. The van der Waals surface area contributed by atoms with Gasteiger partial charge in [0.1, 0.15) is 11.1 Å². The number of sulfonamides is 1. The van der Waals surface area contributed by atoms with Gasteiger partial charge in [0.15, 0.2) is 0 Å². The van der Waals surface area contributed by atoms with Gasteiger partial charge in [-0.1, -0.05) is 19.1 Å². The van der Waals surface area contributed by atoms with Crippen molar-refractivity contribution in [3.8, 4) is 6.07 Å². The Hall–Kier alpha value is -3.68. The van der Waals surface area contributed by atoms with E-state index >= 15 is 0 Å². The Balaban J connectivity index is 1.57. The summed E-state index contributed by atoms with van der Waals surface area (Å²) in [5.41, 5.74) is 1.61. The average Bonchev–Trinajstić information content (AvgIpc) is 3.14. The molecule has 0 spiro atoms. The molecule has 1 heterocycles. The Bertz CT molecular complexity index is 1440. The number of carbonyl (C=O) groups excluding carboxylic acids is 1. The van der Waals surface area contributed by atoms with Crippen LogP contribution in [0, 0.1) is 17.2 Å². The maximum absolute atomic E-state index is 12.9. The SMILES string of the molecule is C[C@@H]1CCc2c(sc(NC(=O)c3cccc(S(=O)(=O)Nc4cccc(C(=O)O)c4)c3)c2C#N)C1. The maximum Gasteiger partial charge on any atom is 0.335 e. The largest absolute Gasteiger partial charge is 0.478 e. The molecular weight excluding hydrogens is 474 g/mol. The molecule has 0 bridgehead atoms. The van der Waals surface area contributed by atoms with Crippen LogP contribution in [0.15, 0.2) is 53.4 Å². The van der Waals surface area contributed by atoms with Crippen LogP contribution >= 0.6 is 11.3 Å². The lowest BCUT2D eigenvalue weighted by molar-refractivity contribution is 0.0696. The maximum atomic E-state index is 12.9. The van der Waals surface area contributed by atoms with E-state index in [-0.39, 0.29) is 21.7 Å². The molecule has 0 saturated heterocycles. The van der Waals surface area contributed by atoms with Crippen molar-refractivity contribution in [2.45, 2.75) is 31.1 Å². The Morgan fingerprint density at radius 3 is 2.62 bits per heavy atom. The van der Waals surface area contributed by atoms with Crippen LogP contribution in [0.1, 0.15) is 50.1 Å². The number of carboxylic acids is 1. The molecule has 0 unspecified atom stereocenters. The molecule has 3 aromatic rings. The van der Waals surface area contributed by atoms with E-state index in [0.717, 1.165) is 29.7 Å². The minimum atomic E-state index is -4.08. The molecule has 0 aliphatic heterocycles. The molecule has 0 fully saturated rings. The summed E-state index contributed by atoms with van der Waals surface area (Å²) in [6.45, 7) is 2.16. The number of amides is 1. The Labute approximate surface area is 200 Å². The Morgan fingerprint density at radius 1 is 1.15 bits per heavy atom. The Morgan fingerprint density at radius 2 is 1.88 bits per heavy atom. The van der Waals surface area contributed by atoms with E-state index in [1.807, 2.05) is 0 Å². The van der Waals surface area contributed by atoms with Crippen molar-refractivity contribution in [2.24, 2.45) is 5.92 Å². The van der Waals surface area contributed by atoms with Gasteiger partial charge in [-0.25, -0.2) is 13.2 Å². The summed E-state index contributed by atoms with van der Waals surface area (Å²) < 4.78 is 28.0. The van der Waals surface area contributed by atoms with Gasteiger partial charge < -0.3 is 10.4 Å². The summed E-state index contributed by atoms with van der Waals surface area (Å²) in [6, 6.07) is 13.1. The zero-order chi connectivity index (χ0) is 24.5. The van der Waals surface area contributed by atoms with Crippen molar-refractivity contribution in [2.75, 3.05) is 10.0 Å². The van der Waals surface area contributed by atoms with Crippen LogP contribution in [0.25, 0.3) is 0 Å². The van der Waals surface area contributed by atoms with E-state index in [9.17, 15) is 23.3 Å². The zero-order valence-electron chi connectivity index (χ0n) is 18.2. The number of rotatable bonds is 6. The van der Waals surface area contributed by atoms with Crippen molar-refractivity contribution < 1.29 is 23.1 Å². The lowest BCUT2D eigenvalue weighted by Gasteiger charge is -2.17. The summed E-state index contributed by atoms with van der Waals surface area (Å²) in [6.07, 6.45) is 2.66. The highest BCUT2D eigenvalue weighted by molar-refractivity contribution is 7.92. The van der Waals surface area contributed by atoms with Gasteiger partial charge in [-0.2, -0.15) is 5.26 Å². The number of hydrogen-bond donors (Lipinski definition) is 3. The lowest BCUT2D eigenvalue weighted by Crippen LogP contribution is -2.16. The monoisotopic (exact) mass is 495 g/mol. The second-order valence-electron chi connectivity index (χ2n) is 8.14. The van der Waals surface area contributed by atoms with Gasteiger partial charge in [-0.3, -0.25) is 9.52 Å². The quantitative estimate of drug-likeness (QED) is 0.461. The highest BCUT2D eigenvalue weighted by Gasteiger charge is 2.25. The first-order valence-electron chi connectivity index (χ1n) is 10.5. The van der Waals surface area contributed by atoms with E-state index in [0.29, 0.717) is 16.5 Å². The van der Waals surface area contributed by atoms with Crippen LogP contribution < -0.4 is 10.0 Å². The number of hydrogen-bond acceptors (Lipinski definition) is 6. The molecule has 2 aromatic carbocycles. The number of thiophene rings is 1. The van der Waals surface area contributed by atoms with Gasteiger partial charge in [0.25, 0.3) is 15.9 Å². The second-order valence-corrected chi connectivity index (χ2v) is 10.9. The van der Waals surface area contributed by atoms with E-state index in [4.69, 9.17) is 5.11 Å². The Kier molecular flexibility index (Phi) is 6.41. The normalized spacial score (nSPS) is 15.1. The van der Waals surface area contributed by atoms with Crippen LogP contribution in [-0.2, 0) is 22.9 Å². The van der Waals surface area contributed by atoms with Crippen molar-refractivity contribution in [3.05, 3.63) is 75.7 Å². The van der Waals surface area contributed by atoms with E-state index in [1.54, 1.807) is 0 Å². The number of carboxylic acid groups (broad SMARTS) is 1. The molecule has 1 aliphatic carbocycles. The first kappa shape index (κ1) is 23.5. The first-order chi connectivity index (χ1) is 16.2. The highest BCUT2D eigenvalue weighted by Crippen LogP contribution is 2.39. The molecule has 8 nitrogen and oxygen atoms in total.